The molecular formula is C13H11N5O2. The molecule has 1 aromatic carbocycles. The zero-order valence-electron chi connectivity index (χ0n) is 10.5. The van der Waals surface area contributed by atoms with Crippen molar-refractivity contribution in [2.75, 3.05) is 12.1 Å². The Morgan fingerprint density at radius 1 is 1.25 bits per heavy atom. The molecule has 3 aromatic rings. The van der Waals surface area contributed by atoms with E-state index in [1.54, 1.807) is 12.4 Å². The summed E-state index contributed by atoms with van der Waals surface area (Å²) in [5, 5.41) is 10.8. The van der Waals surface area contributed by atoms with Crippen LogP contribution in [0.5, 0.6) is 11.5 Å². The lowest BCUT2D eigenvalue weighted by Crippen LogP contribution is -2.04. The first-order chi connectivity index (χ1) is 9.90. The second-order valence-electron chi connectivity index (χ2n) is 4.37. The van der Waals surface area contributed by atoms with E-state index in [1.807, 2.05) is 18.2 Å². The Morgan fingerprint density at radius 2 is 2.25 bits per heavy atom. The largest absolute Gasteiger partial charge is 0.454 e. The molecule has 7 heteroatoms. The van der Waals surface area contributed by atoms with E-state index in [0.717, 1.165) is 22.4 Å². The zero-order chi connectivity index (χ0) is 13.4. The fourth-order valence-corrected chi connectivity index (χ4v) is 2.13. The van der Waals surface area contributed by atoms with Gasteiger partial charge in [0, 0.05) is 18.3 Å². The van der Waals surface area contributed by atoms with Gasteiger partial charge in [-0.15, -0.1) is 0 Å². The number of hydrogen-bond acceptors (Lipinski definition) is 6. The summed E-state index contributed by atoms with van der Waals surface area (Å²) in [5.74, 6) is 2.09. The quantitative estimate of drug-likeness (QED) is 0.752. The molecule has 100 valence electrons. The standard InChI is InChI=1S/C13H11N5O2/c1-2-8(11-10(3-1)19-7-20-11)4-14-13-15-5-9-6-16-18-12(9)17-13/h1-3,5-6H,4,7H2,(H2,14,15,16,17,18). The molecule has 7 nitrogen and oxygen atoms in total. The minimum Gasteiger partial charge on any atom is -0.454 e. The van der Waals surface area contributed by atoms with Crippen molar-refractivity contribution in [1.82, 2.24) is 20.2 Å². The van der Waals surface area contributed by atoms with Crippen LogP contribution in [0.3, 0.4) is 0 Å². The summed E-state index contributed by atoms with van der Waals surface area (Å²) in [5.41, 5.74) is 1.72. The van der Waals surface area contributed by atoms with Gasteiger partial charge in [0.2, 0.25) is 12.7 Å². The van der Waals surface area contributed by atoms with Crippen LogP contribution in [0.1, 0.15) is 5.56 Å². The highest BCUT2D eigenvalue weighted by Gasteiger charge is 2.16. The van der Waals surface area contributed by atoms with Crippen molar-refractivity contribution in [1.29, 1.82) is 0 Å². The first-order valence-electron chi connectivity index (χ1n) is 6.17. The predicted octanol–water partition coefficient (Wildman–Crippen LogP) is 1.69. The molecule has 0 amide bonds. The van der Waals surface area contributed by atoms with E-state index in [-0.39, 0.29) is 6.79 Å². The molecule has 2 N–H and O–H groups in total. The SMILES string of the molecule is c1cc(CNc2ncc3cn[nH]c3n2)c2c(c1)OCO2. The summed E-state index contributed by atoms with van der Waals surface area (Å²) < 4.78 is 10.8. The maximum absolute atomic E-state index is 5.46. The van der Waals surface area contributed by atoms with Crippen molar-refractivity contribution in [2.24, 2.45) is 0 Å². The van der Waals surface area contributed by atoms with Crippen LogP contribution in [0.25, 0.3) is 11.0 Å². The summed E-state index contributed by atoms with van der Waals surface area (Å²) in [7, 11) is 0. The van der Waals surface area contributed by atoms with Gasteiger partial charge in [-0.1, -0.05) is 12.1 Å². The first kappa shape index (κ1) is 11.0. The average Bonchev–Trinajstić information content (AvgIpc) is 3.13. The monoisotopic (exact) mass is 269 g/mol. The minimum absolute atomic E-state index is 0.267. The highest BCUT2D eigenvalue weighted by molar-refractivity contribution is 5.73. The molecule has 1 aliphatic heterocycles. The van der Waals surface area contributed by atoms with Crippen molar-refractivity contribution >= 4 is 17.0 Å². The van der Waals surface area contributed by atoms with Gasteiger partial charge >= 0.3 is 0 Å². The molecular weight excluding hydrogens is 258 g/mol. The van der Waals surface area contributed by atoms with E-state index >= 15 is 0 Å². The van der Waals surface area contributed by atoms with Crippen LogP contribution in [0.15, 0.2) is 30.6 Å². The van der Waals surface area contributed by atoms with Crippen molar-refractivity contribution in [3.8, 4) is 11.5 Å². The van der Waals surface area contributed by atoms with E-state index < -0.39 is 0 Å². The third-order valence-electron chi connectivity index (χ3n) is 3.11. The molecule has 0 saturated heterocycles. The predicted molar refractivity (Wildman–Crippen MR) is 71.6 cm³/mol. The van der Waals surface area contributed by atoms with Crippen molar-refractivity contribution in [2.45, 2.75) is 6.54 Å². The Bertz CT molecular complexity index is 770. The maximum Gasteiger partial charge on any atom is 0.231 e. The molecule has 1 aliphatic rings. The summed E-state index contributed by atoms with van der Waals surface area (Å²) in [4.78, 5) is 8.56. The molecule has 3 heterocycles. The number of nitrogens with one attached hydrogen (secondary N) is 2. The number of para-hydroxylation sites is 1. The molecule has 0 bridgehead atoms. The summed E-state index contributed by atoms with van der Waals surface area (Å²) in [6.07, 6.45) is 3.41. The van der Waals surface area contributed by atoms with Gasteiger partial charge in [-0.05, 0) is 6.07 Å². The van der Waals surface area contributed by atoms with Gasteiger partial charge in [-0.25, -0.2) is 4.98 Å². The van der Waals surface area contributed by atoms with Crippen LogP contribution in [-0.4, -0.2) is 27.0 Å². The molecule has 0 radical (unpaired) electrons. The van der Waals surface area contributed by atoms with Crippen molar-refractivity contribution < 1.29 is 9.47 Å². The lowest BCUT2D eigenvalue weighted by Gasteiger charge is -2.07. The van der Waals surface area contributed by atoms with Crippen LogP contribution < -0.4 is 14.8 Å². The molecule has 0 aliphatic carbocycles. The molecule has 2 aromatic heterocycles. The molecule has 0 fully saturated rings. The number of rotatable bonds is 3. The summed E-state index contributed by atoms with van der Waals surface area (Å²) in [6, 6.07) is 5.80. The Labute approximate surface area is 114 Å². The number of fused-ring (bicyclic) bond motifs is 2. The fraction of sp³-hybridized carbons (Fsp3) is 0.154. The Balaban J connectivity index is 1.57. The van der Waals surface area contributed by atoms with E-state index in [4.69, 9.17) is 9.47 Å². The normalized spacial score (nSPS) is 12.8. The third kappa shape index (κ3) is 1.80. The van der Waals surface area contributed by atoms with Crippen molar-refractivity contribution in [3.05, 3.63) is 36.2 Å². The molecule has 4 rings (SSSR count). The Hall–Kier alpha value is -2.83. The molecule has 0 atom stereocenters. The maximum atomic E-state index is 5.46. The van der Waals surface area contributed by atoms with Gasteiger partial charge in [0.15, 0.2) is 17.1 Å². The smallest absolute Gasteiger partial charge is 0.231 e. The highest BCUT2D eigenvalue weighted by Crippen LogP contribution is 2.35. The van der Waals surface area contributed by atoms with Crippen LogP contribution in [0, 0.1) is 0 Å². The van der Waals surface area contributed by atoms with E-state index in [0.29, 0.717) is 18.1 Å². The summed E-state index contributed by atoms with van der Waals surface area (Å²) >= 11 is 0. The summed E-state index contributed by atoms with van der Waals surface area (Å²) in [6.45, 7) is 0.828. The van der Waals surface area contributed by atoms with Gasteiger partial charge < -0.3 is 14.8 Å². The number of anilines is 1. The average molecular weight is 269 g/mol. The highest BCUT2D eigenvalue weighted by atomic mass is 16.7. The van der Waals surface area contributed by atoms with Crippen LogP contribution >= 0.6 is 0 Å². The van der Waals surface area contributed by atoms with Crippen LogP contribution in [0.2, 0.25) is 0 Å². The molecule has 0 unspecified atom stereocenters. The van der Waals surface area contributed by atoms with Crippen LogP contribution in [-0.2, 0) is 6.54 Å². The number of H-pyrrole nitrogens is 1. The Morgan fingerprint density at radius 3 is 3.25 bits per heavy atom. The first-order valence-corrected chi connectivity index (χ1v) is 6.17. The van der Waals surface area contributed by atoms with Gasteiger partial charge in [-0.3, -0.25) is 5.10 Å². The number of aromatic amines is 1. The second-order valence-corrected chi connectivity index (χ2v) is 4.37. The lowest BCUT2D eigenvalue weighted by atomic mass is 10.2. The van der Waals surface area contributed by atoms with Crippen molar-refractivity contribution in [3.63, 3.8) is 0 Å². The fourth-order valence-electron chi connectivity index (χ4n) is 2.13. The van der Waals surface area contributed by atoms with Gasteiger partial charge in [0.1, 0.15) is 0 Å². The zero-order valence-corrected chi connectivity index (χ0v) is 10.5. The third-order valence-corrected chi connectivity index (χ3v) is 3.11. The topological polar surface area (TPSA) is 85.0 Å². The lowest BCUT2D eigenvalue weighted by molar-refractivity contribution is 0.173. The Kier molecular flexibility index (Phi) is 2.41. The van der Waals surface area contributed by atoms with Crippen LogP contribution in [0.4, 0.5) is 5.95 Å². The number of hydrogen-bond donors (Lipinski definition) is 2. The second kappa shape index (κ2) is 4.37. The van der Waals surface area contributed by atoms with Gasteiger partial charge in [0.05, 0.1) is 11.6 Å². The number of aromatic nitrogens is 4. The minimum atomic E-state index is 0.267. The molecule has 20 heavy (non-hydrogen) atoms. The van der Waals surface area contributed by atoms with Gasteiger partial charge in [0.25, 0.3) is 0 Å². The van der Waals surface area contributed by atoms with E-state index in [9.17, 15) is 0 Å². The van der Waals surface area contributed by atoms with Gasteiger partial charge in [-0.2, -0.15) is 10.1 Å². The number of ether oxygens (including phenoxy) is 2. The number of benzene rings is 1. The molecule has 0 saturated carbocycles. The van der Waals surface area contributed by atoms with E-state index in [1.165, 1.54) is 0 Å². The van der Waals surface area contributed by atoms with E-state index in [2.05, 4.69) is 25.5 Å². The molecule has 0 spiro atoms. The number of nitrogens with zero attached hydrogens (tertiary/aromatic N) is 3.